The van der Waals surface area contributed by atoms with E-state index in [4.69, 9.17) is 6.42 Å². The zero-order chi connectivity index (χ0) is 18.7. The maximum atomic E-state index is 12.8. The molecular formula is C18H19N5O2S. The molecule has 26 heavy (non-hydrogen) atoms. The molecule has 0 saturated heterocycles. The second-order valence-electron chi connectivity index (χ2n) is 5.77. The molecule has 0 aliphatic carbocycles. The third-order valence-corrected chi connectivity index (χ3v) is 4.98. The lowest BCUT2D eigenvalue weighted by atomic mass is 10.2. The summed E-state index contributed by atoms with van der Waals surface area (Å²) in [6.45, 7) is 4.52. The van der Waals surface area contributed by atoms with E-state index in [1.165, 1.54) is 11.8 Å². The lowest BCUT2D eigenvalue weighted by Crippen LogP contribution is -2.31. The van der Waals surface area contributed by atoms with Gasteiger partial charge >= 0.3 is 0 Å². The van der Waals surface area contributed by atoms with E-state index >= 15 is 0 Å². The molecule has 0 spiro atoms. The van der Waals surface area contributed by atoms with Crippen LogP contribution in [0.25, 0.3) is 16.7 Å². The molecule has 8 heteroatoms. The van der Waals surface area contributed by atoms with Gasteiger partial charge in [0.15, 0.2) is 5.16 Å². The van der Waals surface area contributed by atoms with Gasteiger partial charge in [-0.2, -0.15) is 0 Å². The van der Waals surface area contributed by atoms with Gasteiger partial charge in [0.05, 0.1) is 22.7 Å². The van der Waals surface area contributed by atoms with Crippen LogP contribution in [0.3, 0.4) is 0 Å². The van der Waals surface area contributed by atoms with Gasteiger partial charge in [0.1, 0.15) is 0 Å². The summed E-state index contributed by atoms with van der Waals surface area (Å²) in [6.07, 6.45) is 5.98. The number of aromatic nitrogens is 4. The number of amides is 1. The number of hydrogen-bond acceptors (Lipinski definition) is 5. The van der Waals surface area contributed by atoms with Crippen LogP contribution < -0.4 is 10.9 Å². The molecule has 0 saturated carbocycles. The predicted octanol–water partition coefficient (Wildman–Crippen LogP) is 1.68. The van der Waals surface area contributed by atoms with Crippen molar-refractivity contribution in [3.63, 3.8) is 0 Å². The number of benzene rings is 1. The zero-order valence-electron chi connectivity index (χ0n) is 14.6. The number of thioether (sulfide) groups is 1. The molecule has 1 N–H and O–H groups in total. The minimum absolute atomic E-state index is 0.0845. The van der Waals surface area contributed by atoms with Crippen LogP contribution >= 0.6 is 11.8 Å². The van der Waals surface area contributed by atoms with E-state index in [0.717, 1.165) is 11.9 Å². The van der Waals surface area contributed by atoms with E-state index in [9.17, 15) is 9.59 Å². The number of hydrogen-bond donors (Lipinski definition) is 1. The largest absolute Gasteiger partial charge is 0.344 e. The first-order valence-electron chi connectivity index (χ1n) is 8.33. The predicted molar refractivity (Wildman–Crippen MR) is 102 cm³/mol. The average molecular weight is 369 g/mol. The summed E-state index contributed by atoms with van der Waals surface area (Å²) in [7, 11) is 0. The highest BCUT2D eigenvalue weighted by atomic mass is 32.2. The van der Waals surface area contributed by atoms with Crippen molar-refractivity contribution in [3.8, 4) is 12.3 Å². The zero-order valence-corrected chi connectivity index (χ0v) is 15.4. The van der Waals surface area contributed by atoms with Gasteiger partial charge in [0.25, 0.3) is 5.56 Å². The first-order chi connectivity index (χ1) is 12.6. The molecule has 1 unspecified atom stereocenters. The third kappa shape index (κ3) is 3.18. The molecule has 0 aliphatic rings. The normalized spacial score (nSPS) is 12.2. The number of rotatable bonds is 6. The smallest absolute Gasteiger partial charge is 0.262 e. The van der Waals surface area contributed by atoms with Crippen LogP contribution in [0.4, 0.5) is 0 Å². The Balaban J connectivity index is 2.12. The fraction of sp³-hybridized carbons (Fsp3) is 0.333. The molecule has 0 radical (unpaired) electrons. The standard InChI is InChI=1S/C18H19N5O2S/c1-4-10-19-15(24)12(3)26-18-21-20-17-22(11-5-2)16(25)13-8-6-7-9-14(13)23(17)18/h1,6-9,12H,5,10-11H2,2-3H3,(H,19,24). The fourth-order valence-corrected chi connectivity index (χ4v) is 3.61. The summed E-state index contributed by atoms with van der Waals surface area (Å²) in [4.78, 5) is 24.9. The summed E-state index contributed by atoms with van der Waals surface area (Å²) in [5, 5.41) is 11.9. The van der Waals surface area contributed by atoms with E-state index in [1.54, 1.807) is 17.6 Å². The summed E-state index contributed by atoms with van der Waals surface area (Å²) in [5.74, 6) is 2.69. The quantitative estimate of drug-likeness (QED) is 0.528. The van der Waals surface area contributed by atoms with Gasteiger partial charge in [-0.15, -0.1) is 16.6 Å². The number of carbonyl (C=O) groups is 1. The third-order valence-electron chi connectivity index (χ3n) is 3.94. The van der Waals surface area contributed by atoms with Gasteiger partial charge in [0, 0.05) is 6.54 Å². The van der Waals surface area contributed by atoms with E-state index in [0.29, 0.717) is 22.9 Å². The molecule has 7 nitrogen and oxygen atoms in total. The van der Waals surface area contributed by atoms with Crippen LogP contribution in [-0.2, 0) is 11.3 Å². The van der Waals surface area contributed by atoms with Crippen molar-refractivity contribution in [2.75, 3.05) is 6.54 Å². The monoisotopic (exact) mass is 369 g/mol. The molecule has 1 amide bonds. The van der Waals surface area contributed by atoms with Crippen LogP contribution in [-0.4, -0.2) is 36.9 Å². The lowest BCUT2D eigenvalue weighted by molar-refractivity contribution is -0.120. The SMILES string of the molecule is C#CCNC(=O)C(C)Sc1nnc2n(CCC)c(=O)c3ccccc3n12. The second kappa shape index (κ2) is 7.62. The van der Waals surface area contributed by atoms with Crippen LogP contribution in [0.15, 0.2) is 34.2 Å². The Morgan fingerprint density at radius 3 is 2.88 bits per heavy atom. The molecular weight excluding hydrogens is 350 g/mol. The van der Waals surface area contributed by atoms with Gasteiger partial charge in [-0.1, -0.05) is 36.7 Å². The van der Waals surface area contributed by atoms with Crippen molar-refractivity contribution >= 4 is 34.3 Å². The Kier molecular flexibility index (Phi) is 5.28. The Bertz CT molecular complexity index is 1060. The Morgan fingerprint density at radius 1 is 1.38 bits per heavy atom. The number of para-hydroxylation sites is 1. The molecule has 3 rings (SSSR count). The minimum atomic E-state index is -0.402. The maximum Gasteiger partial charge on any atom is 0.262 e. The van der Waals surface area contributed by atoms with E-state index in [1.807, 2.05) is 29.5 Å². The molecule has 0 aliphatic heterocycles. The maximum absolute atomic E-state index is 12.8. The number of carbonyl (C=O) groups excluding carboxylic acids is 1. The van der Waals surface area contributed by atoms with Crippen molar-refractivity contribution in [2.45, 2.75) is 37.2 Å². The van der Waals surface area contributed by atoms with Crippen LogP contribution in [0.1, 0.15) is 20.3 Å². The van der Waals surface area contributed by atoms with Crippen molar-refractivity contribution < 1.29 is 4.79 Å². The van der Waals surface area contributed by atoms with E-state index in [-0.39, 0.29) is 18.0 Å². The van der Waals surface area contributed by atoms with Crippen LogP contribution in [0.5, 0.6) is 0 Å². The van der Waals surface area contributed by atoms with Gasteiger partial charge in [0.2, 0.25) is 11.7 Å². The second-order valence-corrected chi connectivity index (χ2v) is 7.08. The molecule has 1 aromatic carbocycles. The Hall–Kier alpha value is -2.79. The number of nitrogens with one attached hydrogen (secondary N) is 1. The number of aryl methyl sites for hydroxylation is 1. The molecule has 2 aromatic heterocycles. The van der Waals surface area contributed by atoms with Gasteiger partial charge in [-0.05, 0) is 25.5 Å². The van der Waals surface area contributed by atoms with Crippen molar-refractivity contribution in [2.24, 2.45) is 0 Å². The highest BCUT2D eigenvalue weighted by Gasteiger charge is 2.21. The lowest BCUT2D eigenvalue weighted by Gasteiger charge is -2.12. The first-order valence-corrected chi connectivity index (χ1v) is 9.21. The van der Waals surface area contributed by atoms with Gasteiger partial charge in [-0.3, -0.25) is 18.6 Å². The van der Waals surface area contributed by atoms with Crippen LogP contribution in [0.2, 0.25) is 0 Å². The van der Waals surface area contributed by atoms with Crippen LogP contribution in [0, 0.1) is 12.3 Å². The molecule has 1 atom stereocenters. The van der Waals surface area contributed by atoms with Crippen molar-refractivity contribution in [1.82, 2.24) is 24.5 Å². The molecule has 2 heterocycles. The van der Waals surface area contributed by atoms with Crippen molar-refractivity contribution in [3.05, 3.63) is 34.6 Å². The number of terminal acetylenes is 1. The average Bonchev–Trinajstić information content (AvgIpc) is 3.06. The summed E-state index contributed by atoms with van der Waals surface area (Å²) in [6, 6.07) is 7.35. The van der Waals surface area contributed by atoms with Crippen molar-refractivity contribution in [1.29, 1.82) is 0 Å². The molecule has 0 bridgehead atoms. The minimum Gasteiger partial charge on any atom is -0.344 e. The van der Waals surface area contributed by atoms with Gasteiger partial charge < -0.3 is 5.32 Å². The van der Waals surface area contributed by atoms with E-state index < -0.39 is 5.25 Å². The molecule has 0 fully saturated rings. The van der Waals surface area contributed by atoms with Gasteiger partial charge in [-0.25, -0.2) is 0 Å². The summed E-state index contributed by atoms with van der Waals surface area (Å²) < 4.78 is 3.46. The Labute approximate surface area is 154 Å². The highest BCUT2D eigenvalue weighted by Crippen LogP contribution is 2.25. The first kappa shape index (κ1) is 18.0. The number of fused-ring (bicyclic) bond motifs is 3. The summed E-state index contributed by atoms with van der Waals surface area (Å²) >= 11 is 1.28. The molecule has 3 aromatic rings. The fourth-order valence-electron chi connectivity index (χ4n) is 2.73. The topological polar surface area (TPSA) is 81.3 Å². The summed E-state index contributed by atoms with van der Waals surface area (Å²) in [5.41, 5.74) is 0.641. The highest BCUT2D eigenvalue weighted by molar-refractivity contribution is 8.00. The van der Waals surface area contributed by atoms with E-state index in [2.05, 4.69) is 21.4 Å². The Morgan fingerprint density at radius 2 is 2.15 bits per heavy atom. The molecule has 134 valence electrons. The number of nitrogens with zero attached hydrogens (tertiary/aromatic N) is 4.